The van der Waals surface area contributed by atoms with Gasteiger partial charge in [0.1, 0.15) is 5.60 Å². The second kappa shape index (κ2) is 5.62. The van der Waals surface area contributed by atoms with Gasteiger partial charge in [0.05, 0.1) is 11.7 Å². The van der Waals surface area contributed by atoms with E-state index in [9.17, 15) is 5.11 Å². The lowest BCUT2D eigenvalue weighted by Crippen LogP contribution is -2.20. The van der Waals surface area contributed by atoms with Crippen molar-refractivity contribution in [2.24, 2.45) is 0 Å². The Morgan fingerprint density at radius 3 is 2.83 bits per heavy atom. The number of nitrogen functional groups attached to an aromatic ring is 1. The Bertz CT molecular complexity index is 960. The standard InChI is InChI=1S/C18H17N5O/c19-17-20-10-6-16(22-17)23-15-11-13(3-4-14(15)12-21-23)5-9-18(24)7-1-2-8-18/h3-4,6,10-12,24H,1-2,7-8H2,(H2,19,20,22). The van der Waals surface area contributed by atoms with Crippen LogP contribution in [0.4, 0.5) is 5.95 Å². The molecule has 0 aliphatic heterocycles. The third-order valence-electron chi connectivity index (χ3n) is 4.32. The number of rotatable bonds is 1. The summed E-state index contributed by atoms with van der Waals surface area (Å²) in [4.78, 5) is 8.11. The Kier molecular flexibility index (Phi) is 3.44. The average Bonchev–Trinajstić information content (AvgIpc) is 3.19. The molecule has 1 aliphatic rings. The minimum Gasteiger partial charge on any atom is -0.378 e. The van der Waals surface area contributed by atoms with E-state index in [1.807, 2.05) is 18.2 Å². The van der Waals surface area contributed by atoms with Crippen molar-refractivity contribution >= 4 is 16.9 Å². The van der Waals surface area contributed by atoms with Gasteiger partial charge in [-0.1, -0.05) is 11.8 Å². The van der Waals surface area contributed by atoms with Crippen LogP contribution in [-0.2, 0) is 0 Å². The van der Waals surface area contributed by atoms with Crippen molar-refractivity contribution in [1.29, 1.82) is 0 Å². The Morgan fingerprint density at radius 2 is 2.04 bits per heavy atom. The molecule has 3 aromatic rings. The van der Waals surface area contributed by atoms with Crippen molar-refractivity contribution < 1.29 is 5.11 Å². The molecule has 3 N–H and O–H groups in total. The number of nitrogens with zero attached hydrogens (tertiary/aromatic N) is 4. The lowest BCUT2D eigenvalue weighted by molar-refractivity contribution is 0.110. The predicted octanol–water partition coefficient (Wildman–Crippen LogP) is 2.05. The van der Waals surface area contributed by atoms with Crippen molar-refractivity contribution in [1.82, 2.24) is 19.7 Å². The second-order valence-corrected chi connectivity index (χ2v) is 6.09. The van der Waals surface area contributed by atoms with Gasteiger partial charge in [0.25, 0.3) is 0 Å². The summed E-state index contributed by atoms with van der Waals surface area (Å²) < 4.78 is 1.71. The second-order valence-electron chi connectivity index (χ2n) is 6.09. The highest BCUT2D eigenvalue weighted by molar-refractivity contribution is 5.81. The van der Waals surface area contributed by atoms with Crippen LogP contribution in [0.2, 0.25) is 0 Å². The minimum absolute atomic E-state index is 0.204. The zero-order valence-corrected chi connectivity index (χ0v) is 13.1. The molecule has 0 unspecified atom stereocenters. The highest BCUT2D eigenvalue weighted by atomic mass is 16.3. The van der Waals surface area contributed by atoms with E-state index >= 15 is 0 Å². The first-order valence-corrected chi connectivity index (χ1v) is 7.95. The highest BCUT2D eigenvalue weighted by Gasteiger charge is 2.28. The molecule has 0 spiro atoms. The van der Waals surface area contributed by atoms with E-state index < -0.39 is 5.60 Å². The van der Waals surface area contributed by atoms with Crippen LogP contribution in [0.1, 0.15) is 31.2 Å². The lowest BCUT2D eigenvalue weighted by atomic mass is 10.0. The van der Waals surface area contributed by atoms with Gasteiger partial charge in [0.2, 0.25) is 5.95 Å². The number of nitrogens with two attached hydrogens (primary N) is 1. The van der Waals surface area contributed by atoms with E-state index in [1.165, 1.54) is 0 Å². The summed E-state index contributed by atoms with van der Waals surface area (Å²) in [5, 5.41) is 15.7. The van der Waals surface area contributed by atoms with Gasteiger partial charge in [-0.2, -0.15) is 10.1 Å². The predicted molar refractivity (Wildman–Crippen MR) is 91.4 cm³/mol. The fourth-order valence-corrected chi connectivity index (χ4v) is 3.03. The Morgan fingerprint density at radius 1 is 1.21 bits per heavy atom. The van der Waals surface area contributed by atoms with Gasteiger partial charge in [-0.25, -0.2) is 9.67 Å². The number of benzene rings is 1. The van der Waals surface area contributed by atoms with E-state index in [4.69, 9.17) is 5.73 Å². The van der Waals surface area contributed by atoms with Crippen LogP contribution < -0.4 is 5.73 Å². The third-order valence-corrected chi connectivity index (χ3v) is 4.32. The molecule has 6 nitrogen and oxygen atoms in total. The van der Waals surface area contributed by atoms with Gasteiger partial charge in [0.15, 0.2) is 5.82 Å². The lowest BCUT2D eigenvalue weighted by Gasteiger charge is -2.12. The zero-order chi connectivity index (χ0) is 16.6. The molecule has 0 radical (unpaired) electrons. The summed E-state index contributed by atoms with van der Waals surface area (Å²) >= 11 is 0. The van der Waals surface area contributed by atoms with Crippen molar-refractivity contribution in [3.05, 3.63) is 42.2 Å². The van der Waals surface area contributed by atoms with Crippen LogP contribution in [0.3, 0.4) is 0 Å². The SMILES string of the molecule is Nc1nccc(-n2ncc3ccc(C#CC4(O)CCCC4)cc32)n1. The normalized spacial score (nSPS) is 16.0. The summed E-state index contributed by atoms with van der Waals surface area (Å²) in [6, 6.07) is 7.61. The molecule has 2 heterocycles. The molecule has 24 heavy (non-hydrogen) atoms. The van der Waals surface area contributed by atoms with Crippen LogP contribution in [0.15, 0.2) is 36.7 Å². The van der Waals surface area contributed by atoms with E-state index in [1.54, 1.807) is 23.1 Å². The fourth-order valence-electron chi connectivity index (χ4n) is 3.03. The van der Waals surface area contributed by atoms with Gasteiger partial charge >= 0.3 is 0 Å². The molecule has 120 valence electrons. The number of anilines is 1. The van der Waals surface area contributed by atoms with E-state index in [-0.39, 0.29) is 5.95 Å². The highest BCUT2D eigenvalue weighted by Crippen LogP contribution is 2.28. The first-order chi connectivity index (χ1) is 11.6. The topological polar surface area (TPSA) is 89.8 Å². The maximum Gasteiger partial charge on any atom is 0.221 e. The van der Waals surface area contributed by atoms with Crippen LogP contribution >= 0.6 is 0 Å². The molecule has 0 bridgehead atoms. The zero-order valence-electron chi connectivity index (χ0n) is 13.1. The largest absolute Gasteiger partial charge is 0.378 e. The smallest absolute Gasteiger partial charge is 0.221 e. The average molecular weight is 319 g/mol. The van der Waals surface area contributed by atoms with E-state index in [0.29, 0.717) is 5.82 Å². The molecule has 0 atom stereocenters. The van der Waals surface area contributed by atoms with Crippen molar-refractivity contribution in [2.75, 3.05) is 5.73 Å². The minimum atomic E-state index is -0.837. The molecular weight excluding hydrogens is 302 g/mol. The molecule has 1 aromatic carbocycles. The summed E-state index contributed by atoms with van der Waals surface area (Å²) in [5.41, 5.74) is 6.55. The van der Waals surface area contributed by atoms with Gasteiger partial charge in [-0.3, -0.25) is 0 Å². The molecule has 6 heteroatoms. The molecule has 1 aliphatic carbocycles. The van der Waals surface area contributed by atoms with Crippen LogP contribution in [0.5, 0.6) is 0 Å². The van der Waals surface area contributed by atoms with Gasteiger partial charge in [-0.15, -0.1) is 0 Å². The molecule has 1 fully saturated rings. The third kappa shape index (κ3) is 2.70. The van der Waals surface area contributed by atoms with Crippen LogP contribution in [0, 0.1) is 11.8 Å². The van der Waals surface area contributed by atoms with Crippen LogP contribution in [0.25, 0.3) is 16.7 Å². The number of aliphatic hydroxyl groups is 1. The summed E-state index contributed by atoms with van der Waals surface area (Å²) in [5.74, 6) is 6.94. The van der Waals surface area contributed by atoms with Crippen molar-refractivity contribution in [3.8, 4) is 17.7 Å². The molecule has 4 rings (SSSR count). The Labute approximate surface area is 139 Å². The first-order valence-electron chi connectivity index (χ1n) is 7.95. The van der Waals surface area contributed by atoms with Gasteiger partial charge < -0.3 is 10.8 Å². The summed E-state index contributed by atoms with van der Waals surface area (Å²) in [7, 11) is 0. The van der Waals surface area contributed by atoms with E-state index in [0.717, 1.165) is 42.1 Å². The summed E-state index contributed by atoms with van der Waals surface area (Å²) in [6.07, 6.45) is 6.94. The fraction of sp³-hybridized carbons (Fsp3) is 0.278. The number of hydrogen-bond donors (Lipinski definition) is 2. The number of hydrogen-bond acceptors (Lipinski definition) is 5. The maximum atomic E-state index is 10.4. The maximum absolute atomic E-state index is 10.4. The van der Waals surface area contributed by atoms with E-state index in [2.05, 4.69) is 26.9 Å². The molecule has 0 amide bonds. The van der Waals surface area contributed by atoms with Gasteiger partial charge in [-0.05, 0) is 43.9 Å². The molecule has 0 saturated heterocycles. The molecular formula is C18H17N5O. The van der Waals surface area contributed by atoms with Crippen molar-refractivity contribution in [2.45, 2.75) is 31.3 Å². The Balaban J connectivity index is 1.75. The summed E-state index contributed by atoms with van der Waals surface area (Å²) in [6.45, 7) is 0. The Hall–Kier alpha value is -2.91. The molecule has 2 aromatic heterocycles. The van der Waals surface area contributed by atoms with Gasteiger partial charge in [0, 0.05) is 23.2 Å². The number of fused-ring (bicyclic) bond motifs is 1. The van der Waals surface area contributed by atoms with Crippen LogP contribution in [-0.4, -0.2) is 30.5 Å². The van der Waals surface area contributed by atoms with Crippen molar-refractivity contribution in [3.63, 3.8) is 0 Å². The number of aromatic nitrogens is 4. The molecule has 1 saturated carbocycles. The quantitative estimate of drug-likeness (QED) is 0.670. The monoisotopic (exact) mass is 319 g/mol. The first kappa shape index (κ1) is 14.7.